The van der Waals surface area contributed by atoms with Crippen molar-refractivity contribution in [3.63, 3.8) is 0 Å². The van der Waals surface area contributed by atoms with Crippen LogP contribution in [0.3, 0.4) is 0 Å². The number of carbonyl (C=O) groups is 1. The van der Waals surface area contributed by atoms with Gasteiger partial charge in [0.1, 0.15) is 5.01 Å². The molecule has 0 aliphatic carbocycles. The lowest BCUT2D eigenvalue weighted by atomic mass is 10.1. The molecule has 1 N–H and O–H groups in total. The van der Waals surface area contributed by atoms with Crippen molar-refractivity contribution in [1.29, 1.82) is 0 Å². The minimum Gasteiger partial charge on any atom is -0.312 e. The second kappa shape index (κ2) is 7.85. The van der Waals surface area contributed by atoms with Gasteiger partial charge in [0.15, 0.2) is 0 Å². The van der Waals surface area contributed by atoms with E-state index in [4.69, 9.17) is 0 Å². The summed E-state index contributed by atoms with van der Waals surface area (Å²) in [5.41, 5.74) is 0.741. The van der Waals surface area contributed by atoms with Crippen molar-refractivity contribution in [3.05, 3.63) is 40.8 Å². The third kappa shape index (κ3) is 4.31. The lowest BCUT2D eigenvalue weighted by molar-refractivity contribution is -0.117. The summed E-state index contributed by atoms with van der Waals surface area (Å²) in [5, 5.41) is 2.61. The third-order valence-electron chi connectivity index (χ3n) is 4.29. The molecule has 2 heterocycles. The summed E-state index contributed by atoms with van der Waals surface area (Å²) in [7, 11) is -3.67. The number of rotatable bonds is 7. The first-order valence-corrected chi connectivity index (χ1v) is 11.1. The zero-order valence-electron chi connectivity index (χ0n) is 14.9. The van der Waals surface area contributed by atoms with Gasteiger partial charge in [-0.1, -0.05) is 13.8 Å². The maximum absolute atomic E-state index is 12.8. The van der Waals surface area contributed by atoms with E-state index in [1.165, 1.54) is 11.3 Å². The maximum Gasteiger partial charge on any atom is 0.241 e. The van der Waals surface area contributed by atoms with Crippen LogP contribution in [0.1, 0.15) is 44.2 Å². The second-order valence-corrected chi connectivity index (χ2v) is 9.46. The SMILES string of the molecule is CC(C)CC(NS(=O)(=O)c1ccc(N2CCCC2=O)cc1)c1nccs1. The number of aromatic nitrogens is 1. The monoisotopic (exact) mass is 393 g/mol. The highest BCUT2D eigenvalue weighted by Gasteiger charge is 2.25. The molecule has 0 saturated carbocycles. The van der Waals surface area contributed by atoms with E-state index >= 15 is 0 Å². The average Bonchev–Trinajstić information content (AvgIpc) is 3.25. The highest BCUT2D eigenvalue weighted by Crippen LogP contribution is 2.27. The van der Waals surface area contributed by atoms with Crippen molar-refractivity contribution in [1.82, 2.24) is 9.71 Å². The summed E-state index contributed by atoms with van der Waals surface area (Å²) in [4.78, 5) is 18.0. The summed E-state index contributed by atoms with van der Waals surface area (Å²) in [5.74, 6) is 0.412. The molecule has 1 fully saturated rings. The normalized spacial score (nSPS) is 16.4. The van der Waals surface area contributed by atoms with Gasteiger partial charge in [-0.15, -0.1) is 11.3 Å². The van der Waals surface area contributed by atoms with Crippen molar-refractivity contribution in [2.24, 2.45) is 5.92 Å². The van der Waals surface area contributed by atoms with Crippen LogP contribution in [0.25, 0.3) is 0 Å². The molecule has 1 aliphatic heterocycles. The lowest BCUT2D eigenvalue weighted by Gasteiger charge is -2.19. The molecule has 3 rings (SSSR count). The van der Waals surface area contributed by atoms with E-state index in [9.17, 15) is 13.2 Å². The van der Waals surface area contributed by atoms with Crippen LogP contribution in [0, 0.1) is 5.92 Å². The van der Waals surface area contributed by atoms with Crippen LogP contribution in [0.2, 0.25) is 0 Å². The number of hydrogen-bond donors (Lipinski definition) is 1. The number of hydrogen-bond acceptors (Lipinski definition) is 5. The molecule has 2 aromatic rings. The van der Waals surface area contributed by atoms with Gasteiger partial charge in [0.05, 0.1) is 10.9 Å². The fourth-order valence-corrected chi connectivity index (χ4v) is 5.05. The van der Waals surface area contributed by atoms with E-state index in [2.05, 4.69) is 23.6 Å². The minimum absolute atomic E-state index is 0.0829. The fraction of sp³-hybridized carbons (Fsp3) is 0.444. The smallest absolute Gasteiger partial charge is 0.241 e. The molecule has 0 bridgehead atoms. The van der Waals surface area contributed by atoms with Gasteiger partial charge in [-0.2, -0.15) is 0 Å². The molecular weight excluding hydrogens is 370 g/mol. The molecule has 26 heavy (non-hydrogen) atoms. The van der Waals surface area contributed by atoms with Gasteiger partial charge in [0.25, 0.3) is 0 Å². The molecule has 1 aromatic carbocycles. The summed E-state index contributed by atoms with van der Waals surface area (Å²) in [6.45, 7) is 4.79. The van der Waals surface area contributed by atoms with Gasteiger partial charge in [-0.25, -0.2) is 18.1 Å². The van der Waals surface area contributed by atoms with E-state index < -0.39 is 10.0 Å². The number of carbonyl (C=O) groups excluding carboxylic acids is 1. The van der Waals surface area contributed by atoms with Crippen LogP contribution < -0.4 is 9.62 Å². The molecule has 1 unspecified atom stereocenters. The Morgan fingerprint density at radius 3 is 2.54 bits per heavy atom. The van der Waals surface area contributed by atoms with E-state index in [0.29, 0.717) is 25.3 Å². The zero-order valence-corrected chi connectivity index (χ0v) is 16.5. The van der Waals surface area contributed by atoms with Crippen LogP contribution >= 0.6 is 11.3 Å². The highest BCUT2D eigenvalue weighted by molar-refractivity contribution is 7.89. The fourth-order valence-electron chi connectivity index (χ4n) is 3.06. The Labute approximate surface area is 158 Å². The Morgan fingerprint density at radius 1 is 1.27 bits per heavy atom. The first kappa shape index (κ1) is 19.0. The standard InChI is InChI=1S/C18H23N3O3S2/c1-13(2)12-16(18-19-9-11-25-18)20-26(23,24)15-7-5-14(6-8-15)21-10-3-4-17(21)22/h5-9,11,13,16,20H,3-4,10,12H2,1-2H3. The minimum atomic E-state index is -3.67. The molecule has 140 valence electrons. The number of thiazole rings is 1. The molecular formula is C18H23N3O3S2. The number of nitrogens with one attached hydrogen (secondary N) is 1. The predicted molar refractivity (Wildman–Crippen MR) is 103 cm³/mol. The van der Waals surface area contributed by atoms with Gasteiger partial charge in [0, 0.05) is 30.2 Å². The van der Waals surface area contributed by atoms with Crippen LogP contribution in [0.15, 0.2) is 40.7 Å². The van der Waals surface area contributed by atoms with Crippen LogP contribution in [-0.2, 0) is 14.8 Å². The third-order valence-corrected chi connectivity index (χ3v) is 6.66. The Morgan fingerprint density at radius 2 is 2.00 bits per heavy atom. The van der Waals surface area contributed by atoms with Gasteiger partial charge >= 0.3 is 0 Å². The van der Waals surface area contributed by atoms with Crippen molar-refractivity contribution >= 4 is 33.0 Å². The quantitative estimate of drug-likeness (QED) is 0.782. The number of nitrogens with zero attached hydrogens (tertiary/aromatic N) is 2. The lowest BCUT2D eigenvalue weighted by Crippen LogP contribution is -2.29. The molecule has 1 amide bonds. The van der Waals surface area contributed by atoms with Crippen molar-refractivity contribution in [2.75, 3.05) is 11.4 Å². The van der Waals surface area contributed by atoms with Crippen LogP contribution in [0.5, 0.6) is 0 Å². The number of benzene rings is 1. The van der Waals surface area contributed by atoms with E-state index in [-0.39, 0.29) is 16.8 Å². The second-order valence-electron chi connectivity index (χ2n) is 6.82. The Balaban J connectivity index is 1.79. The number of sulfonamides is 1. The highest BCUT2D eigenvalue weighted by atomic mass is 32.2. The molecule has 1 aromatic heterocycles. The predicted octanol–water partition coefficient (Wildman–Crippen LogP) is 3.34. The summed E-state index contributed by atoms with van der Waals surface area (Å²) in [6.07, 6.45) is 3.74. The number of amides is 1. The molecule has 6 nitrogen and oxygen atoms in total. The molecule has 1 saturated heterocycles. The van der Waals surface area contributed by atoms with Gasteiger partial charge in [-0.3, -0.25) is 4.79 Å². The van der Waals surface area contributed by atoms with E-state index in [1.807, 2.05) is 5.38 Å². The molecule has 1 aliphatic rings. The van der Waals surface area contributed by atoms with Crippen molar-refractivity contribution in [3.8, 4) is 0 Å². The Bertz CT molecular complexity index is 846. The molecule has 0 radical (unpaired) electrons. The first-order valence-electron chi connectivity index (χ1n) is 8.69. The van der Waals surface area contributed by atoms with E-state index in [0.717, 1.165) is 17.1 Å². The van der Waals surface area contributed by atoms with Crippen LogP contribution in [-0.4, -0.2) is 25.9 Å². The summed E-state index contributed by atoms with van der Waals surface area (Å²) in [6, 6.07) is 6.15. The molecule has 8 heteroatoms. The summed E-state index contributed by atoms with van der Waals surface area (Å²) < 4.78 is 28.4. The average molecular weight is 394 g/mol. The van der Waals surface area contributed by atoms with Gasteiger partial charge in [0.2, 0.25) is 15.9 Å². The first-order chi connectivity index (χ1) is 12.4. The zero-order chi connectivity index (χ0) is 18.7. The van der Waals surface area contributed by atoms with Crippen LogP contribution in [0.4, 0.5) is 5.69 Å². The largest absolute Gasteiger partial charge is 0.312 e. The molecule has 0 spiro atoms. The molecule has 1 atom stereocenters. The van der Waals surface area contributed by atoms with Crippen molar-refractivity contribution < 1.29 is 13.2 Å². The van der Waals surface area contributed by atoms with Gasteiger partial charge in [-0.05, 0) is 43.0 Å². The Hall–Kier alpha value is -1.77. The number of anilines is 1. The Kier molecular flexibility index (Phi) is 5.74. The topological polar surface area (TPSA) is 79.4 Å². The van der Waals surface area contributed by atoms with Crippen molar-refractivity contribution in [2.45, 2.75) is 44.0 Å². The summed E-state index contributed by atoms with van der Waals surface area (Å²) >= 11 is 1.45. The van der Waals surface area contributed by atoms with E-state index in [1.54, 1.807) is 35.4 Å². The maximum atomic E-state index is 12.8. The van der Waals surface area contributed by atoms with Gasteiger partial charge < -0.3 is 4.90 Å².